The van der Waals surface area contributed by atoms with Crippen molar-refractivity contribution in [3.05, 3.63) is 299 Å². The van der Waals surface area contributed by atoms with E-state index in [-0.39, 0.29) is 0 Å². The molecule has 69 heavy (non-hydrogen) atoms. The van der Waals surface area contributed by atoms with Crippen LogP contribution >= 0.6 is 11.3 Å². The zero-order valence-electron chi connectivity index (χ0n) is 37.6. The lowest BCUT2D eigenvalue weighted by Gasteiger charge is -2.35. The van der Waals surface area contributed by atoms with Crippen LogP contribution in [0.3, 0.4) is 0 Å². The van der Waals surface area contributed by atoms with E-state index in [0.29, 0.717) is 5.82 Å². The third-order valence-corrected chi connectivity index (χ3v) is 16.1. The number of fused-ring (bicyclic) bond motifs is 9. The van der Waals surface area contributed by atoms with Crippen LogP contribution in [0.25, 0.3) is 76.3 Å². The average molecular weight is 895 g/mol. The van der Waals surface area contributed by atoms with Gasteiger partial charge < -0.3 is 0 Å². The van der Waals surface area contributed by atoms with Gasteiger partial charge in [-0.2, -0.15) is 0 Å². The molecule has 0 saturated heterocycles. The van der Waals surface area contributed by atoms with Gasteiger partial charge in [-0.05, 0) is 78.9 Å². The zero-order valence-corrected chi connectivity index (χ0v) is 38.4. The predicted molar refractivity (Wildman–Crippen MR) is 286 cm³/mol. The van der Waals surface area contributed by atoms with Gasteiger partial charge in [-0.3, -0.25) is 0 Å². The Balaban J connectivity index is 1.10. The second-order valence-electron chi connectivity index (χ2n) is 18.3. The molecule has 10 aromatic carbocycles. The Morgan fingerprint density at radius 3 is 1.41 bits per heavy atom. The Morgan fingerprint density at radius 1 is 0.304 bits per heavy atom. The predicted octanol–water partition coefficient (Wildman–Crippen LogP) is 16.6. The summed E-state index contributed by atoms with van der Waals surface area (Å²) in [5.74, 6) is 0.697. The highest BCUT2D eigenvalue weighted by molar-refractivity contribution is 7.26. The standard InChI is InChI=1S/C66H42N2S/c1-5-22-43(23-6-1)65(44-24-7-2-8-25-44)56-39-17-14-32-51(56)61-52(35-21-40-57(61)65)58-42-59(53-36-20-34-50-48-31-15-18-41-60(48)69-63(50)53)68-64(67-58)54-37-19-33-49-47-30-13-16-38-55(47)66(62(49)54,45-26-9-3-10-27-45)46-28-11-4-12-29-46/h1-42H. The second kappa shape index (κ2) is 15.5. The highest BCUT2D eigenvalue weighted by Gasteiger charge is 2.49. The number of nitrogens with zero attached hydrogens (tertiary/aromatic N) is 2. The van der Waals surface area contributed by atoms with Crippen LogP contribution in [-0.4, -0.2) is 9.97 Å². The maximum absolute atomic E-state index is 5.85. The minimum atomic E-state index is -0.645. The molecule has 3 heteroatoms. The molecular formula is C66H42N2S. The summed E-state index contributed by atoms with van der Waals surface area (Å²) in [4.78, 5) is 11.6. The Bertz CT molecular complexity index is 3870. The van der Waals surface area contributed by atoms with Gasteiger partial charge in [0.25, 0.3) is 0 Å². The van der Waals surface area contributed by atoms with E-state index in [1.165, 1.54) is 86.9 Å². The summed E-state index contributed by atoms with van der Waals surface area (Å²) in [6.07, 6.45) is 0. The quantitative estimate of drug-likeness (QED) is 0.159. The number of thiophene rings is 1. The number of rotatable bonds is 7. The SMILES string of the molecule is c1ccc(C2(c3ccccc3)c3ccccc3-c3c(-c4cc(-c5cccc6c5sc5ccccc56)nc(-c5cccc6c5C(c5ccccc5)(c5ccccc5)c5ccccc5-6)n4)cccc32)cc1. The molecule has 0 atom stereocenters. The van der Waals surface area contributed by atoms with Crippen LogP contribution in [0.15, 0.2) is 255 Å². The molecule has 14 rings (SSSR count). The summed E-state index contributed by atoms with van der Waals surface area (Å²) >= 11 is 1.84. The fourth-order valence-corrected chi connectivity index (χ4v) is 13.4. The number of hydrogen-bond donors (Lipinski definition) is 0. The molecule has 2 nitrogen and oxygen atoms in total. The van der Waals surface area contributed by atoms with Gasteiger partial charge >= 0.3 is 0 Å². The molecule has 0 amide bonds. The highest BCUT2D eigenvalue weighted by Crippen LogP contribution is 2.60. The summed E-state index contributed by atoms with van der Waals surface area (Å²) in [6, 6.07) is 93.4. The first-order valence-electron chi connectivity index (χ1n) is 23.7. The molecule has 12 aromatic rings. The smallest absolute Gasteiger partial charge is 0.160 e. The third kappa shape index (κ3) is 5.66. The summed E-state index contributed by atoms with van der Waals surface area (Å²) in [5.41, 5.74) is 18.5. The highest BCUT2D eigenvalue weighted by atomic mass is 32.1. The summed E-state index contributed by atoms with van der Waals surface area (Å²) in [7, 11) is 0. The van der Waals surface area contributed by atoms with Crippen LogP contribution in [0, 0.1) is 0 Å². The van der Waals surface area contributed by atoms with Crippen molar-refractivity contribution >= 4 is 31.5 Å². The molecule has 0 fully saturated rings. The van der Waals surface area contributed by atoms with Crippen LogP contribution in [0.5, 0.6) is 0 Å². The Kier molecular flexibility index (Phi) is 8.92. The Morgan fingerprint density at radius 2 is 0.739 bits per heavy atom. The monoisotopic (exact) mass is 894 g/mol. The van der Waals surface area contributed by atoms with Gasteiger partial charge in [0.2, 0.25) is 0 Å². The van der Waals surface area contributed by atoms with Crippen molar-refractivity contribution in [2.24, 2.45) is 0 Å². The zero-order chi connectivity index (χ0) is 45.5. The van der Waals surface area contributed by atoms with Crippen LogP contribution in [0.1, 0.15) is 44.5 Å². The molecule has 0 N–H and O–H groups in total. The maximum atomic E-state index is 5.85. The van der Waals surface area contributed by atoms with E-state index >= 15 is 0 Å². The van der Waals surface area contributed by atoms with E-state index in [4.69, 9.17) is 9.97 Å². The maximum Gasteiger partial charge on any atom is 0.160 e. The van der Waals surface area contributed by atoms with Crippen LogP contribution in [0.2, 0.25) is 0 Å². The van der Waals surface area contributed by atoms with Crippen molar-refractivity contribution in [3.63, 3.8) is 0 Å². The Labute approximate surface area is 405 Å². The second-order valence-corrected chi connectivity index (χ2v) is 19.3. The molecule has 322 valence electrons. The molecule has 0 bridgehead atoms. The van der Waals surface area contributed by atoms with E-state index < -0.39 is 10.8 Å². The molecule has 2 aliphatic carbocycles. The van der Waals surface area contributed by atoms with Gasteiger partial charge in [0.05, 0.1) is 22.2 Å². The van der Waals surface area contributed by atoms with Crippen molar-refractivity contribution in [2.45, 2.75) is 10.8 Å². The lowest BCUT2D eigenvalue weighted by molar-refractivity contribution is 0.768. The summed E-state index contributed by atoms with van der Waals surface area (Å²) in [5, 5.41) is 2.50. The van der Waals surface area contributed by atoms with Gasteiger partial charge in [0.15, 0.2) is 5.82 Å². The number of aromatic nitrogens is 2. The van der Waals surface area contributed by atoms with Gasteiger partial charge in [-0.25, -0.2) is 9.97 Å². The van der Waals surface area contributed by atoms with Crippen molar-refractivity contribution in [1.29, 1.82) is 0 Å². The van der Waals surface area contributed by atoms with E-state index in [1.807, 2.05) is 11.3 Å². The Hall–Kier alpha value is -8.50. The van der Waals surface area contributed by atoms with Gasteiger partial charge in [-0.1, -0.05) is 243 Å². The van der Waals surface area contributed by atoms with E-state index in [2.05, 4.69) is 255 Å². The summed E-state index contributed by atoms with van der Waals surface area (Å²) < 4.78 is 2.48. The minimum absolute atomic E-state index is 0.553. The van der Waals surface area contributed by atoms with Gasteiger partial charge in [0.1, 0.15) is 0 Å². The first-order chi connectivity index (χ1) is 34.2. The molecule has 0 unspecified atom stereocenters. The van der Waals surface area contributed by atoms with E-state index in [0.717, 1.165) is 28.1 Å². The topological polar surface area (TPSA) is 25.8 Å². The van der Waals surface area contributed by atoms with Gasteiger partial charge in [0, 0.05) is 36.9 Å². The van der Waals surface area contributed by atoms with E-state index in [9.17, 15) is 0 Å². The molecular weight excluding hydrogens is 853 g/mol. The van der Waals surface area contributed by atoms with Crippen LogP contribution in [0.4, 0.5) is 0 Å². The van der Waals surface area contributed by atoms with E-state index in [1.54, 1.807) is 0 Å². The van der Waals surface area contributed by atoms with Crippen molar-refractivity contribution < 1.29 is 0 Å². The molecule has 0 saturated carbocycles. The molecule has 2 aliphatic rings. The van der Waals surface area contributed by atoms with Crippen LogP contribution in [-0.2, 0) is 10.8 Å². The van der Waals surface area contributed by atoms with Crippen LogP contribution < -0.4 is 0 Å². The fraction of sp³-hybridized carbons (Fsp3) is 0.0303. The number of hydrogen-bond acceptors (Lipinski definition) is 3. The molecule has 2 aromatic heterocycles. The normalized spacial score (nSPS) is 13.7. The summed E-state index contributed by atoms with van der Waals surface area (Å²) in [6.45, 7) is 0. The van der Waals surface area contributed by atoms with Crippen molar-refractivity contribution in [2.75, 3.05) is 0 Å². The van der Waals surface area contributed by atoms with Crippen molar-refractivity contribution in [1.82, 2.24) is 9.97 Å². The first-order valence-corrected chi connectivity index (χ1v) is 24.6. The third-order valence-electron chi connectivity index (χ3n) is 14.9. The van der Waals surface area contributed by atoms with Gasteiger partial charge in [-0.15, -0.1) is 11.3 Å². The minimum Gasteiger partial charge on any atom is -0.228 e. The molecule has 0 spiro atoms. The fourth-order valence-electron chi connectivity index (χ4n) is 12.2. The number of benzene rings is 10. The lowest BCUT2D eigenvalue weighted by Crippen LogP contribution is -2.29. The molecule has 0 aliphatic heterocycles. The average Bonchev–Trinajstić information content (AvgIpc) is 4.07. The first kappa shape index (κ1) is 39.6. The molecule has 2 heterocycles. The lowest BCUT2D eigenvalue weighted by atomic mass is 9.66. The van der Waals surface area contributed by atoms with Crippen molar-refractivity contribution in [3.8, 4) is 56.2 Å². The largest absolute Gasteiger partial charge is 0.228 e. The molecule has 0 radical (unpaired) electrons.